The molecule has 0 saturated heterocycles. The molecule has 1 heterocycles. The molecule has 7 heteroatoms. The summed E-state index contributed by atoms with van der Waals surface area (Å²) >= 11 is 0. The molecule has 2 rings (SSSR count). The maximum atomic E-state index is 11.9. The van der Waals surface area contributed by atoms with Gasteiger partial charge in [-0.25, -0.2) is 4.79 Å². The maximum Gasteiger partial charge on any atom is 0.341 e. The zero-order chi connectivity index (χ0) is 15.2. The fourth-order valence-corrected chi connectivity index (χ4v) is 1.61. The number of anilines is 1. The molecule has 0 aliphatic heterocycles. The summed E-state index contributed by atoms with van der Waals surface area (Å²) in [5, 5.41) is 11.1. The fraction of sp³-hybridized carbons (Fsp3) is 0.0714. The van der Waals surface area contributed by atoms with E-state index >= 15 is 0 Å². The summed E-state index contributed by atoms with van der Waals surface area (Å²) in [5.41, 5.74) is -0.117. The number of carbonyl (C=O) groups excluding carboxylic acids is 1. The first-order valence-electron chi connectivity index (χ1n) is 6.00. The van der Waals surface area contributed by atoms with Gasteiger partial charge in [0.2, 0.25) is 0 Å². The van der Waals surface area contributed by atoms with Crippen molar-refractivity contribution in [3.63, 3.8) is 0 Å². The molecule has 7 nitrogen and oxygen atoms in total. The van der Waals surface area contributed by atoms with Crippen LogP contribution >= 0.6 is 0 Å². The highest BCUT2D eigenvalue weighted by atomic mass is 16.5. The third-order valence-corrected chi connectivity index (χ3v) is 2.52. The van der Waals surface area contributed by atoms with Crippen molar-refractivity contribution in [2.24, 2.45) is 0 Å². The topological polar surface area (TPSA) is 108 Å². The number of nitrogens with one attached hydrogen (secondary N) is 2. The van der Waals surface area contributed by atoms with Crippen LogP contribution in [0.5, 0.6) is 5.75 Å². The first-order chi connectivity index (χ1) is 10.1. The van der Waals surface area contributed by atoms with Crippen LogP contribution in [-0.4, -0.2) is 28.6 Å². The van der Waals surface area contributed by atoms with E-state index in [1.807, 2.05) is 0 Å². The summed E-state index contributed by atoms with van der Waals surface area (Å²) in [5.74, 6) is -1.36. The van der Waals surface area contributed by atoms with Crippen molar-refractivity contribution in [1.82, 2.24) is 4.98 Å². The summed E-state index contributed by atoms with van der Waals surface area (Å²) in [6, 6.07) is 9.18. The lowest BCUT2D eigenvalue weighted by Gasteiger charge is -2.07. The van der Waals surface area contributed by atoms with Gasteiger partial charge >= 0.3 is 5.97 Å². The Morgan fingerprint density at radius 1 is 1.24 bits per heavy atom. The molecule has 0 spiro atoms. The van der Waals surface area contributed by atoms with E-state index in [-0.39, 0.29) is 5.56 Å². The van der Waals surface area contributed by atoms with E-state index in [2.05, 4.69) is 10.3 Å². The number of carboxylic acid groups (broad SMARTS) is 1. The van der Waals surface area contributed by atoms with E-state index in [1.54, 1.807) is 24.3 Å². The van der Waals surface area contributed by atoms with Gasteiger partial charge in [0.25, 0.3) is 11.5 Å². The van der Waals surface area contributed by atoms with Crippen LogP contribution in [0.4, 0.5) is 5.69 Å². The highest BCUT2D eigenvalue weighted by Gasteiger charge is 2.10. The Hall–Kier alpha value is -3.09. The number of ether oxygens (including phenoxy) is 1. The van der Waals surface area contributed by atoms with Gasteiger partial charge in [0.15, 0.2) is 6.61 Å². The van der Waals surface area contributed by atoms with Gasteiger partial charge in [0, 0.05) is 18.0 Å². The van der Waals surface area contributed by atoms with E-state index < -0.39 is 24.0 Å². The van der Waals surface area contributed by atoms with Crippen LogP contribution in [0.25, 0.3) is 0 Å². The van der Waals surface area contributed by atoms with Crippen molar-refractivity contribution in [1.29, 1.82) is 0 Å². The van der Waals surface area contributed by atoms with E-state index in [9.17, 15) is 14.4 Å². The molecule has 3 N–H and O–H groups in total. The van der Waals surface area contributed by atoms with Gasteiger partial charge in [-0.15, -0.1) is 0 Å². The Labute approximate surface area is 119 Å². The Bertz CT molecular complexity index is 723. The number of rotatable bonds is 5. The monoisotopic (exact) mass is 288 g/mol. The summed E-state index contributed by atoms with van der Waals surface area (Å²) < 4.78 is 5.00. The second kappa shape index (κ2) is 6.38. The fourth-order valence-electron chi connectivity index (χ4n) is 1.61. The first kappa shape index (κ1) is 14.3. The highest BCUT2D eigenvalue weighted by Crippen LogP contribution is 2.17. The van der Waals surface area contributed by atoms with E-state index in [0.29, 0.717) is 11.4 Å². The van der Waals surface area contributed by atoms with Crippen molar-refractivity contribution in [3.8, 4) is 5.75 Å². The second-order valence-electron chi connectivity index (χ2n) is 4.08. The smallest absolute Gasteiger partial charge is 0.341 e. The van der Waals surface area contributed by atoms with Crippen LogP contribution in [0.15, 0.2) is 47.4 Å². The van der Waals surface area contributed by atoms with Gasteiger partial charge in [-0.1, -0.05) is 6.07 Å². The number of hydrogen-bond donors (Lipinski definition) is 3. The molecule has 0 atom stereocenters. The van der Waals surface area contributed by atoms with Gasteiger partial charge in [-0.05, 0) is 24.3 Å². The van der Waals surface area contributed by atoms with Crippen LogP contribution in [0, 0.1) is 0 Å². The molecule has 1 aromatic heterocycles. The number of hydrogen-bond acceptors (Lipinski definition) is 4. The largest absolute Gasteiger partial charge is 0.482 e. The minimum absolute atomic E-state index is 0.0191. The molecule has 1 amide bonds. The standard InChI is InChI=1S/C14H12N2O5/c17-12(18)8-21-10-4-1-3-9(7-10)16-14(20)11-5-2-6-15-13(11)19/h1-7H,8H2,(H,15,19)(H,16,20)(H,17,18). The van der Waals surface area contributed by atoms with Crippen molar-refractivity contribution >= 4 is 17.6 Å². The number of carboxylic acids is 1. The average molecular weight is 288 g/mol. The highest BCUT2D eigenvalue weighted by molar-refractivity contribution is 6.04. The zero-order valence-corrected chi connectivity index (χ0v) is 10.8. The predicted molar refractivity (Wildman–Crippen MR) is 74.6 cm³/mol. The van der Waals surface area contributed by atoms with Gasteiger partial charge in [0.1, 0.15) is 11.3 Å². The van der Waals surface area contributed by atoms with Gasteiger partial charge in [-0.3, -0.25) is 9.59 Å². The van der Waals surface area contributed by atoms with Crippen molar-refractivity contribution in [3.05, 3.63) is 58.5 Å². The second-order valence-corrected chi connectivity index (χ2v) is 4.08. The molecule has 0 bridgehead atoms. The quantitative estimate of drug-likeness (QED) is 0.763. The molecule has 0 saturated carbocycles. The van der Waals surface area contributed by atoms with Crippen molar-refractivity contribution in [2.75, 3.05) is 11.9 Å². The molecule has 0 radical (unpaired) electrons. The molecule has 21 heavy (non-hydrogen) atoms. The molecule has 0 aliphatic carbocycles. The molecular formula is C14H12N2O5. The minimum atomic E-state index is -1.10. The molecule has 1 aromatic carbocycles. The van der Waals surface area contributed by atoms with Gasteiger partial charge in [-0.2, -0.15) is 0 Å². The first-order valence-corrected chi connectivity index (χ1v) is 6.00. The lowest BCUT2D eigenvalue weighted by atomic mass is 10.2. The number of H-pyrrole nitrogens is 1. The number of amides is 1. The predicted octanol–water partition coefficient (Wildman–Crippen LogP) is 1.09. The molecule has 2 aromatic rings. The molecule has 0 fully saturated rings. The Kier molecular flexibility index (Phi) is 4.35. The number of pyridine rings is 1. The Balaban J connectivity index is 2.11. The summed E-state index contributed by atoms with van der Waals surface area (Å²) in [7, 11) is 0. The van der Waals surface area contributed by atoms with Crippen LogP contribution in [-0.2, 0) is 4.79 Å². The number of carbonyl (C=O) groups is 2. The average Bonchev–Trinajstić information content (AvgIpc) is 2.46. The number of aliphatic carboxylic acids is 1. The van der Waals surface area contributed by atoms with E-state index in [4.69, 9.17) is 9.84 Å². The number of aromatic amines is 1. The van der Waals surface area contributed by atoms with Crippen LogP contribution < -0.4 is 15.6 Å². The summed E-state index contributed by atoms with van der Waals surface area (Å²) in [6.07, 6.45) is 1.43. The number of aromatic nitrogens is 1. The third-order valence-electron chi connectivity index (χ3n) is 2.52. The maximum absolute atomic E-state index is 11.9. The summed E-state index contributed by atoms with van der Waals surface area (Å²) in [4.78, 5) is 36.3. The minimum Gasteiger partial charge on any atom is -0.482 e. The normalized spacial score (nSPS) is 9.90. The molecule has 108 valence electrons. The van der Waals surface area contributed by atoms with Crippen LogP contribution in [0.1, 0.15) is 10.4 Å². The van der Waals surface area contributed by atoms with E-state index in [0.717, 1.165) is 0 Å². The van der Waals surface area contributed by atoms with Crippen molar-refractivity contribution in [2.45, 2.75) is 0 Å². The molecular weight excluding hydrogens is 276 g/mol. The number of benzene rings is 1. The summed E-state index contributed by atoms with van der Waals surface area (Å²) in [6.45, 7) is -0.476. The molecule has 0 unspecified atom stereocenters. The zero-order valence-electron chi connectivity index (χ0n) is 10.8. The van der Waals surface area contributed by atoms with Crippen LogP contribution in [0.3, 0.4) is 0 Å². The lowest BCUT2D eigenvalue weighted by Crippen LogP contribution is -2.22. The van der Waals surface area contributed by atoms with Gasteiger partial charge in [0.05, 0.1) is 0 Å². The Morgan fingerprint density at radius 2 is 2.05 bits per heavy atom. The lowest BCUT2D eigenvalue weighted by molar-refractivity contribution is -0.139. The van der Waals surface area contributed by atoms with Crippen molar-refractivity contribution < 1.29 is 19.4 Å². The third kappa shape index (κ3) is 3.93. The van der Waals surface area contributed by atoms with E-state index in [1.165, 1.54) is 18.3 Å². The Morgan fingerprint density at radius 3 is 2.76 bits per heavy atom. The van der Waals surface area contributed by atoms with Crippen LogP contribution in [0.2, 0.25) is 0 Å². The van der Waals surface area contributed by atoms with Gasteiger partial charge < -0.3 is 20.1 Å². The molecule has 0 aliphatic rings. The SMILES string of the molecule is O=C(O)COc1cccc(NC(=O)c2ccc[nH]c2=O)c1.